The zero-order valence-corrected chi connectivity index (χ0v) is 24.8. The Morgan fingerprint density at radius 2 is 1.84 bits per heavy atom. The molecule has 37 heavy (non-hydrogen) atoms. The van der Waals surface area contributed by atoms with Crippen LogP contribution in [0.25, 0.3) is 10.9 Å². The lowest BCUT2D eigenvalue weighted by molar-refractivity contribution is 0.267. The van der Waals surface area contributed by atoms with Crippen LogP contribution in [0.5, 0.6) is 11.5 Å². The standard InChI is InChI=1S/C28H26Br2ClN3O3/c1-5-36-24-13-17(12-21(30)25(24)37-16-18-8-6-7-9-22(18)31)15-32-34-26(35)20-14-19(29)10-11-23(20)33-27(34)28(2,3)4/h6-15H,5,16H2,1-4H3. The Balaban J connectivity index is 1.74. The molecule has 0 N–H and O–H groups in total. The summed E-state index contributed by atoms with van der Waals surface area (Å²) < 4.78 is 14.8. The van der Waals surface area contributed by atoms with E-state index in [1.807, 2.05) is 76.2 Å². The van der Waals surface area contributed by atoms with Crippen LogP contribution in [0.3, 0.4) is 0 Å². The van der Waals surface area contributed by atoms with E-state index in [1.54, 1.807) is 12.3 Å². The lowest BCUT2D eigenvalue weighted by atomic mass is 9.95. The summed E-state index contributed by atoms with van der Waals surface area (Å²) in [5.74, 6) is 1.67. The van der Waals surface area contributed by atoms with E-state index in [9.17, 15) is 4.79 Å². The second kappa shape index (κ2) is 11.4. The molecule has 0 fully saturated rings. The first-order valence-electron chi connectivity index (χ1n) is 11.7. The van der Waals surface area contributed by atoms with Gasteiger partial charge in [0.05, 0.1) is 28.2 Å². The monoisotopic (exact) mass is 645 g/mol. The van der Waals surface area contributed by atoms with Crippen LogP contribution >= 0.6 is 43.5 Å². The average Bonchev–Trinajstić information content (AvgIpc) is 2.83. The van der Waals surface area contributed by atoms with Gasteiger partial charge in [-0.2, -0.15) is 9.78 Å². The second-order valence-electron chi connectivity index (χ2n) is 9.35. The topological polar surface area (TPSA) is 65.7 Å². The van der Waals surface area contributed by atoms with Crippen molar-refractivity contribution in [2.45, 2.75) is 39.7 Å². The van der Waals surface area contributed by atoms with Crippen molar-refractivity contribution in [3.8, 4) is 11.5 Å². The molecule has 0 spiro atoms. The highest BCUT2D eigenvalue weighted by molar-refractivity contribution is 9.10. The smallest absolute Gasteiger partial charge is 0.282 e. The van der Waals surface area contributed by atoms with Gasteiger partial charge < -0.3 is 9.47 Å². The van der Waals surface area contributed by atoms with Crippen LogP contribution in [-0.4, -0.2) is 22.5 Å². The predicted molar refractivity (Wildman–Crippen MR) is 156 cm³/mol. The number of hydrogen-bond acceptors (Lipinski definition) is 5. The molecule has 0 aliphatic carbocycles. The third-order valence-corrected chi connectivity index (χ3v) is 6.91. The van der Waals surface area contributed by atoms with Crippen molar-refractivity contribution in [3.63, 3.8) is 0 Å². The van der Waals surface area contributed by atoms with Crippen LogP contribution in [0.2, 0.25) is 5.02 Å². The van der Waals surface area contributed by atoms with Gasteiger partial charge in [-0.15, -0.1) is 0 Å². The normalized spacial score (nSPS) is 11.9. The number of nitrogens with zero attached hydrogens (tertiary/aromatic N) is 3. The summed E-state index contributed by atoms with van der Waals surface area (Å²) in [5.41, 5.74) is 1.57. The third-order valence-electron chi connectivity index (χ3n) is 5.46. The zero-order valence-electron chi connectivity index (χ0n) is 20.9. The number of rotatable bonds is 7. The molecule has 0 bridgehead atoms. The Bertz CT molecular complexity index is 1540. The Labute approximate surface area is 237 Å². The first-order valence-corrected chi connectivity index (χ1v) is 13.6. The molecule has 4 aromatic rings. The number of aromatic nitrogens is 2. The minimum atomic E-state index is -0.411. The van der Waals surface area contributed by atoms with E-state index < -0.39 is 5.41 Å². The summed E-state index contributed by atoms with van der Waals surface area (Å²) in [6.07, 6.45) is 1.62. The van der Waals surface area contributed by atoms with E-state index in [0.29, 0.717) is 44.3 Å². The van der Waals surface area contributed by atoms with Crippen molar-refractivity contribution in [3.05, 3.63) is 95.9 Å². The van der Waals surface area contributed by atoms with E-state index in [0.717, 1.165) is 15.6 Å². The molecule has 1 aromatic heterocycles. The zero-order chi connectivity index (χ0) is 26.7. The molecule has 0 saturated carbocycles. The van der Waals surface area contributed by atoms with Crippen molar-refractivity contribution in [2.24, 2.45) is 5.10 Å². The summed E-state index contributed by atoms with van der Waals surface area (Å²) in [5, 5.41) is 5.69. The summed E-state index contributed by atoms with van der Waals surface area (Å²) in [4.78, 5) is 18.2. The molecule has 0 unspecified atom stereocenters. The van der Waals surface area contributed by atoms with Crippen LogP contribution in [-0.2, 0) is 12.0 Å². The van der Waals surface area contributed by atoms with Crippen LogP contribution in [0.15, 0.2) is 73.4 Å². The molecule has 6 nitrogen and oxygen atoms in total. The molecule has 0 atom stereocenters. The fraction of sp³-hybridized carbons (Fsp3) is 0.250. The molecule has 0 amide bonds. The maximum atomic E-state index is 13.4. The number of halogens is 3. The summed E-state index contributed by atoms with van der Waals surface area (Å²) in [7, 11) is 0. The highest BCUT2D eigenvalue weighted by Crippen LogP contribution is 2.37. The van der Waals surface area contributed by atoms with Crippen LogP contribution in [0.1, 0.15) is 44.6 Å². The molecular formula is C28H26Br2ClN3O3. The Hall–Kier alpha value is -2.68. The van der Waals surface area contributed by atoms with Gasteiger partial charge >= 0.3 is 0 Å². The average molecular weight is 648 g/mol. The van der Waals surface area contributed by atoms with Gasteiger partial charge in [0.2, 0.25) is 0 Å². The first-order chi connectivity index (χ1) is 17.6. The van der Waals surface area contributed by atoms with Gasteiger partial charge in [-0.25, -0.2) is 4.98 Å². The van der Waals surface area contributed by atoms with Crippen molar-refractivity contribution in [1.82, 2.24) is 9.66 Å². The van der Waals surface area contributed by atoms with E-state index in [1.165, 1.54) is 4.68 Å². The van der Waals surface area contributed by atoms with Gasteiger partial charge in [-0.05, 0) is 64.8 Å². The fourth-order valence-electron chi connectivity index (χ4n) is 3.70. The molecule has 0 aliphatic heterocycles. The van der Waals surface area contributed by atoms with Gasteiger partial charge in [0.1, 0.15) is 12.4 Å². The maximum Gasteiger partial charge on any atom is 0.282 e. The Morgan fingerprint density at radius 3 is 2.54 bits per heavy atom. The van der Waals surface area contributed by atoms with E-state index in [-0.39, 0.29) is 12.2 Å². The second-order valence-corrected chi connectivity index (χ2v) is 11.5. The number of hydrogen-bond donors (Lipinski definition) is 0. The van der Waals surface area contributed by atoms with Gasteiger partial charge in [0.15, 0.2) is 11.5 Å². The van der Waals surface area contributed by atoms with Crippen molar-refractivity contribution in [2.75, 3.05) is 6.61 Å². The number of fused-ring (bicyclic) bond motifs is 1. The number of ether oxygens (including phenoxy) is 2. The molecule has 1 heterocycles. The molecular weight excluding hydrogens is 622 g/mol. The maximum absolute atomic E-state index is 13.4. The van der Waals surface area contributed by atoms with Gasteiger partial charge in [-0.1, -0.05) is 66.5 Å². The van der Waals surface area contributed by atoms with E-state index in [2.05, 4.69) is 37.0 Å². The van der Waals surface area contributed by atoms with E-state index >= 15 is 0 Å². The van der Waals surface area contributed by atoms with Crippen molar-refractivity contribution in [1.29, 1.82) is 0 Å². The summed E-state index contributed by atoms with van der Waals surface area (Å²) in [6.45, 7) is 8.64. The molecule has 0 saturated heterocycles. The largest absolute Gasteiger partial charge is 0.490 e. The van der Waals surface area contributed by atoms with Gasteiger partial charge in [0, 0.05) is 20.5 Å². The molecule has 4 rings (SSSR count). The highest BCUT2D eigenvalue weighted by Gasteiger charge is 2.23. The Morgan fingerprint density at radius 1 is 1.08 bits per heavy atom. The SMILES string of the molecule is CCOc1cc(C=Nn2c(C(C)(C)C)nc3ccc(Br)cc3c2=O)cc(Br)c1OCc1ccccc1Cl. The first kappa shape index (κ1) is 27.4. The fourth-order valence-corrected chi connectivity index (χ4v) is 4.82. The molecule has 0 radical (unpaired) electrons. The van der Waals surface area contributed by atoms with Crippen LogP contribution in [0.4, 0.5) is 0 Å². The summed E-state index contributed by atoms with van der Waals surface area (Å²) >= 11 is 13.3. The molecule has 9 heteroatoms. The predicted octanol–water partition coefficient (Wildman–Crippen LogP) is 7.73. The van der Waals surface area contributed by atoms with Gasteiger partial charge in [0.25, 0.3) is 5.56 Å². The Kier molecular flexibility index (Phi) is 8.41. The highest BCUT2D eigenvalue weighted by atomic mass is 79.9. The third kappa shape index (κ3) is 6.25. The molecule has 3 aromatic carbocycles. The summed E-state index contributed by atoms with van der Waals surface area (Å²) in [6, 6.07) is 16.7. The van der Waals surface area contributed by atoms with Gasteiger partial charge in [-0.3, -0.25) is 4.79 Å². The van der Waals surface area contributed by atoms with Crippen LogP contribution in [0, 0.1) is 0 Å². The molecule has 192 valence electrons. The lowest BCUT2D eigenvalue weighted by Gasteiger charge is -2.21. The van der Waals surface area contributed by atoms with Crippen molar-refractivity contribution >= 4 is 60.6 Å². The molecule has 0 aliphatic rings. The van der Waals surface area contributed by atoms with Crippen molar-refractivity contribution < 1.29 is 9.47 Å². The lowest BCUT2D eigenvalue weighted by Crippen LogP contribution is -2.29. The number of benzene rings is 3. The van der Waals surface area contributed by atoms with E-state index in [4.69, 9.17) is 26.1 Å². The minimum absolute atomic E-state index is 0.240. The minimum Gasteiger partial charge on any atom is -0.490 e. The van der Waals surface area contributed by atoms with Crippen LogP contribution < -0.4 is 15.0 Å². The quantitative estimate of drug-likeness (QED) is 0.193.